The Hall–Kier alpha value is -1.86. The predicted octanol–water partition coefficient (Wildman–Crippen LogP) is 1.02. The van der Waals surface area contributed by atoms with Crippen LogP contribution in [0.15, 0.2) is 29.4 Å². The van der Waals surface area contributed by atoms with Crippen LogP contribution in [0.2, 0.25) is 0 Å². The van der Waals surface area contributed by atoms with E-state index in [0.29, 0.717) is 6.54 Å². The Morgan fingerprint density at radius 2 is 2.29 bits per heavy atom. The van der Waals surface area contributed by atoms with Crippen LogP contribution in [0.5, 0.6) is 0 Å². The van der Waals surface area contributed by atoms with Crippen LogP contribution in [0.1, 0.15) is 11.1 Å². The molecule has 14 heavy (non-hydrogen) atoms. The molecule has 4 nitrogen and oxygen atoms in total. The molecule has 0 aromatic heterocycles. The molecule has 1 aromatic carbocycles. The maximum Gasteiger partial charge on any atom is 0.187 e. The first-order valence-corrected chi connectivity index (χ1v) is 4.13. The van der Waals surface area contributed by atoms with Gasteiger partial charge in [-0.1, -0.05) is 29.4 Å². The molecule has 2 N–H and O–H groups in total. The highest BCUT2D eigenvalue weighted by molar-refractivity contribution is 6.12. The van der Waals surface area contributed by atoms with E-state index < -0.39 is 0 Å². The van der Waals surface area contributed by atoms with E-state index in [0.717, 1.165) is 11.1 Å². The zero-order valence-corrected chi connectivity index (χ0v) is 7.90. The highest BCUT2D eigenvalue weighted by Crippen LogP contribution is 2.09. The molecule has 72 valence electrons. The second-order valence-electron chi connectivity index (χ2n) is 2.60. The SMILES string of the molecule is CON=C(C#N)c1ccccc1CN. The third-order valence-corrected chi connectivity index (χ3v) is 1.78. The molecule has 0 unspecified atom stereocenters. The molecule has 0 heterocycles. The van der Waals surface area contributed by atoms with Crippen LogP contribution in [-0.4, -0.2) is 12.8 Å². The molecule has 0 saturated carbocycles. The Morgan fingerprint density at radius 3 is 2.86 bits per heavy atom. The molecule has 0 radical (unpaired) electrons. The summed E-state index contributed by atoms with van der Waals surface area (Å²) in [6.45, 7) is 0.376. The average molecular weight is 189 g/mol. The van der Waals surface area contributed by atoms with Crippen molar-refractivity contribution in [2.75, 3.05) is 7.11 Å². The highest BCUT2D eigenvalue weighted by atomic mass is 16.6. The first kappa shape index (κ1) is 10.2. The molecular formula is C10H11N3O. The van der Waals surface area contributed by atoms with Crippen molar-refractivity contribution < 1.29 is 4.84 Å². The molecule has 1 rings (SSSR count). The monoisotopic (exact) mass is 189 g/mol. The molecule has 0 bridgehead atoms. The number of nitrogens with zero attached hydrogens (tertiary/aromatic N) is 2. The summed E-state index contributed by atoms with van der Waals surface area (Å²) in [7, 11) is 1.41. The molecule has 0 saturated heterocycles. The van der Waals surface area contributed by atoms with Gasteiger partial charge in [-0.25, -0.2) is 0 Å². The van der Waals surface area contributed by atoms with Gasteiger partial charge in [0.2, 0.25) is 0 Å². The molecule has 0 aliphatic rings. The van der Waals surface area contributed by atoms with Crippen LogP contribution in [0.25, 0.3) is 0 Å². The zero-order valence-electron chi connectivity index (χ0n) is 7.90. The van der Waals surface area contributed by atoms with Gasteiger partial charge >= 0.3 is 0 Å². The first-order valence-electron chi connectivity index (χ1n) is 4.13. The number of hydrogen-bond donors (Lipinski definition) is 1. The fourth-order valence-corrected chi connectivity index (χ4v) is 1.15. The minimum absolute atomic E-state index is 0.244. The van der Waals surface area contributed by atoms with Crippen molar-refractivity contribution in [2.45, 2.75) is 6.54 Å². The Kier molecular flexibility index (Phi) is 3.65. The lowest BCUT2D eigenvalue weighted by Crippen LogP contribution is -2.06. The van der Waals surface area contributed by atoms with Gasteiger partial charge in [0, 0.05) is 12.1 Å². The topological polar surface area (TPSA) is 71.4 Å². The summed E-state index contributed by atoms with van der Waals surface area (Å²) in [5, 5.41) is 12.5. The number of rotatable bonds is 3. The fraction of sp³-hybridized carbons (Fsp3) is 0.200. The number of oxime groups is 1. The van der Waals surface area contributed by atoms with Gasteiger partial charge in [-0.15, -0.1) is 0 Å². The second kappa shape index (κ2) is 5.00. The summed E-state index contributed by atoms with van der Waals surface area (Å²) in [6, 6.07) is 9.32. The Balaban J connectivity index is 3.17. The van der Waals surface area contributed by atoms with Crippen molar-refractivity contribution in [3.63, 3.8) is 0 Å². The number of benzene rings is 1. The Morgan fingerprint density at radius 1 is 1.57 bits per heavy atom. The maximum absolute atomic E-state index is 8.83. The summed E-state index contributed by atoms with van der Waals surface area (Å²) in [5.74, 6) is 0. The van der Waals surface area contributed by atoms with E-state index >= 15 is 0 Å². The van der Waals surface area contributed by atoms with Crippen molar-refractivity contribution in [1.82, 2.24) is 0 Å². The van der Waals surface area contributed by atoms with E-state index in [2.05, 4.69) is 9.99 Å². The summed E-state index contributed by atoms with van der Waals surface area (Å²) >= 11 is 0. The van der Waals surface area contributed by atoms with Crippen LogP contribution in [0.3, 0.4) is 0 Å². The van der Waals surface area contributed by atoms with Gasteiger partial charge in [0.1, 0.15) is 13.2 Å². The molecule has 0 atom stereocenters. The van der Waals surface area contributed by atoms with Crippen molar-refractivity contribution >= 4 is 5.71 Å². The Bertz CT molecular complexity index is 379. The van der Waals surface area contributed by atoms with Crippen molar-refractivity contribution in [1.29, 1.82) is 5.26 Å². The summed E-state index contributed by atoms with van der Waals surface area (Å²) in [4.78, 5) is 4.57. The minimum atomic E-state index is 0.244. The molecule has 0 fully saturated rings. The highest BCUT2D eigenvalue weighted by Gasteiger charge is 2.07. The molecular weight excluding hydrogens is 178 g/mol. The summed E-state index contributed by atoms with van der Waals surface area (Å²) < 4.78 is 0. The van der Waals surface area contributed by atoms with Gasteiger partial charge in [-0.05, 0) is 5.56 Å². The first-order chi connectivity index (χ1) is 6.83. The quantitative estimate of drug-likeness (QED) is 0.570. The largest absolute Gasteiger partial charge is 0.398 e. The standard InChI is InChI=1S/C10H11N3O/c1-14-13-10(7-12)9-5-3-2-4-8(9)6-11/h2-5H,6,11H2,1H3. The van der Waals surface area contributed by atoms with Crippen molar-refractivity contribution in [3.8, 4) is 6.07 Å². The number of nitrogens with two attached hydrogens (primary N) is 1. The van der Waals surface area contributed by atoms with Gasteiger partial charge in [-0.2, -0.15) is 5.26 Å². The van der Waals surface area contributed by atoms with E-state index in [4.69, 9.17) is 11.0 Å². The zero-order chi connectivity index (χ0) is 10.4. The van der Waals surface area contributed by atoms with E-state index in [-0.39, 0.29) is 5.71 Å². The van der Waals surface area contributed by atoms with Crippen LogP contribution in [0.4, 0.5) is 0 Å². The van der Waals surface area contributed by atoms with Gasteiger partial charge in [0.15, 0.2) is 5.71 Å². The summed E-state index contributed by atoms with van der Waals surface area (Å²) in [5.41, 5.74) is 7.38. The fourth-order valence-electron chi connectivity index (χ4n) is 1.15. The lowest BCUT2D eigenvalue weighted by molar-refractivity contribution is 0.214. The van der Waals surface area contributed by atoms with E-state index in [1.807, 2.05) is 24.3 Å². The number of nitriles is 1. The van der Waals surface area contributed by atoms with Crippen LogP contribution in [-0.2, 0) is 11.4 Å². The average Bonchev–Trinajstić information content (AvgIpc) is 2.26. The lowest BCUT2D eigenvalue weighted by Gasteiger charge is -2.03. The van der Waals surface area contributed by atoms with Gasteiger partial charge in [0.05, 0.1) is 0 Å². The van der Waals surface area contributed by atoms with Crippen molar-refractivity contribution in [2.24, 2.45) is 10.9 Å². The second-order valence-corrected chi connectivity index (χ2v) is 2.60. The molecule has 0 aliphatic heterocycles. The normalized spacial score (nSPS) is 10.8. The van der Waals surface area contributed by atoms with Crippen molar-refractivity contribution in [3.05, 3.63) is 35.4 Å². The van der Waals surface area contributed by atoms with Gasteiger partial charge in [0.25, 0.3) is 0 Å². The van der Waals surface area contributed by atoms with E-state index in [1.54, 1.807) is 6.07 Å². The van der Waals surface area contributed by atoms with E-state index in [1.165, 1.54) is 7.11 Å². The Labute approximate surface area is 82.6 Å². The third kappa shape index (κ3) is 2.09. The molecule has 1 aromatic rings. The van der Waals surface area contributed by atoms with E-state index in [9.17, 15) is 0 Å². The lowest BCUT2D eigenvalue weighted by atomic mass is 10.0. The molecule has 4 heteroatoms. The predicted molar refractivity (Wildman–Crippen MR) is 53.5 cm³/mol. The van der Waals surface area contributed by atoms with Crippen LogP contribution < -0.4 is 5.73 Å². The van der Waals surface area contributed by atoms with Crippen LogP contribution >= 0.6 is 0 Å². The summed E-state index contributed by atoms with van der Waals surface area (Å²) in [6.07, 6.45) is 0. The van der Waals surface area contributed by atoms with Crippen LogP contribution in [0, 0.1) is 11.3 Å². The number of hydrogen-bond acceptors (Lipinski definition) is 4. The molecule has 0 aliphatic carbocycles. The maximum atomic E-state index is 8.83. The molecule has 0 spiro atoms. The van der Waals surface area contributed by atoms with Gasteiger partial charge in [-0.3, -0.25) is 0 Å². The minimum Gasteiger partial charge on any atom is -0.398 e. The van der Waals surface area contributed by atoms with Gasteiger partial charge < -0.3 is 10.6 Å². The molecule has 0 amide bonds. The smallest absolute Gasteiger partial charge is 0.187 e. The third-order valence-electron chi connectivity index (χ3n) is 1.78.